The standard InChI is InChI=1S/C8H19N3O/c1-6(4-9)11-5-8(2,3)7(10)12/h6,11H,4-5,9H2,1-3H3,(H2,10,12). The molecule has 0 saturated heterocycles. The van der Waals surface area contributed by atoms with E-state index >= 15 is 0 Å². The Hall–Kier alpha value is -0.610. The molecular formula is C8H19N3O. The molecule has 0 spiro atoms. The second-order valence-electron chi connectivity index (χ2n) is 3.77. The minimum atomic E-state index is -0.497. The molecular weight excluding hydrogens is 154 g/mol. The first-order chi connectivity index (χ1) is 5.40. The topological polar surface area (TPSA) is 81.1 Å². The third-order valence-corrected chi connectivity index (χ3v) is 1.91. The summed E-state index contributed by atoms with van der Waals surface area (Å²) in [5, 5.41) is 3.13. The lowest BCUT2D eigenvalue weighted by Crippen LogP contribution is -2.45. The van der Waals surface area contributed by atoms with Gasteiger partial charge in [0.25, 0.3) is 0 Å². The largest absolute Gasteiger partial charge is 0.369 e. The van der Waals surface area contributed by atoms with Crippen LogP contribution in [0, 0.1) is 5.41 Å². The molecule has 0 aromatic heterocycles. The molecule has 12 heavy (non-hydrogen) atoms. The summed E-state index contributed by atoms with van der Waals surface area (Å²) in [6, 6.07) is 0.226. The van der Waals surface area contributed by atoms with Crippen LogP contribution in [0.3, 0.4) is 0 Å². The van der Waals surface area contributed by atoms with Gasteiger partial charge in [0.2, 0.25) is 5.91 Å². The van der Waals surface area contributed by atoms with Crippen molar-refractivity contribution in [3.63, 3.8) is 0 Å². The van der Waals surface area contributed by atoms with Crippen LogP contribution in [0.15, 0.2) is 0 Å². The highest BCUT2D eigenvalue weighted by Crippen LogP contribution is 2.11. The summed E-state index contributed by atoms with van der Waals surface area (Å²) in [6.07, 6.45) is 0. The number of nitrogens with two attached hydrogens (primary N) is 2. The van der Waals surface area contributed by atoms with E-state index in [0.717, 1.165) is 0 Å². The van der Waals surface area contributed by atoms with Crippen molar-refractivity contribution >= 4 is 5.91 Å². The number of hydrogen-bond acceptors (Lipinski definition) is 3. The van der Waals surface area contributed by atoms with Crippen molar-refractivity contribution in [2.75, 3.05) is 13.1 Å². The van der Waals surface area contributed by atoms with Crippen molar-refractivity contribution in [1.29, 1.82) is 0 Å². The molecule has 0 heterocycles. The highest BCUT2D eigenvalue weighted by Gasteiger charge is 2.24. The summed E-state index contributed by atoms with van der Waals surface area (Å²) in [5.74, 6) is -0.292. The van der Waals surface area contributed by atoms with Crippen LogP contribution < -0.4 is 16.8 Å². The minimum Gasteiger partial charge on any atom is -0.369 e. The molecule has 0 aliphatic rings. The molecule has 1 atom stereocenters. The Morgan fingerprint density at radius 1 is 1.58 bits per heavy atom. The molecule has 4 nitrogen and oxygen atoms in total. The van der Waals surface area contributed by atoms with Gasteiger partial charge in [0.05, 0.1) is 5.41 Å². The Morgan fingerprint density at radius 3 is 2.42 bits per heavy atom. The van der Waals surface area contributed by atoms with E-state index in [4.69, 9.17) is 11.5 Å². The summed E-state index contributed by atoms with van der Waals surface area (Å²) in [6.45, 7) is 6.73. The van der Waals surface area contributed by atoms with E-state index in [-0.39, 0.29) is 11.9 Å². The SMILES string of the molecule is CC(CN)NCC(C)(C)C(N)=O. The Kier molecular flexibility index (Phi) is 4.20. The molecule has 1 amide bonds. The van der Waals surface area contributed by atoms with E-state index in [2.05, 4.69) is 5.32 Å². The fourth-order valence-corrected chi connectivity index (χ4v) is 0.600. The van der Waals surface area contributed by atoms with Gasteiger partial charge in [0.1, 0.15) is 0 Å². The summed E-state index contributed by atoms with van der Waals surface area (Å²) in [4.78, 5) is 10.9. The molecule has 72 valence electrons. The molecule has 0 radical (unpaired) electrons. The lowest BCUT2D eigenvalue weighted by Gasteiger charge is -2.23. The van der Waals surface area contributed by atoms with Gasteiger partial charge in [-0.15, -0.1) is 0 Å². The first-order valence-corrected chi connectivity index (χ1v) is 4.13. The van der Waals surface area contributed by atoms with Crippen LogP contribution in [0.5, 0.6) is 0 Å². The van der Waals surface area contributed by atoms with Crippen LogP contribution in [-0.2, 0) is 4.79 Å². The molecule has 0 aromatic rings. The molecule has 0 rings (SSSR count). The predicted octanol–water partition coefficient (Wildman–Crippen LogP) is -0.565. The maximum absolute atomic E-state index is 10.9. The maximum Gasteiger partial charge on any atom is 0.224 e. The summed E-state index contributed by atoms with van der Waals surface area (Å²) < 4.78 is 0. The van der Waals surface area contributed by atoms with Gasteiger partial charge in [0.15, 0.2) is 0 Å². The van der Waals surface area contributed by atoms with Gasteiger partial charge in [-0.05, 0) is 20.8 Å². The molecule has 5 N–H and O–H groups in total. The Labute approximate surface area is 73.7 Å². The van der Waals surface area contributed by atoms with Crippen molar-refractivity contribution in [3.05, 3.63) is 0 Å². The number of amides is 1. The second-order valence-corrected chi connectivity index (χ2v) is 3.77. The number of carbonyl (C=O) groups is 1. The third kappa shape index (κ3) is 3.69. The van der Waals surface area contributed by atoms with E-state index in [1.54, 1.807) is 0 Å². The zero-order valence-electron chi connectivity index (χ0n) is 8.05. The number of nitrogens with one attached hydrogen (secondary N) is 1. The first kappa shape index (κ1) is 11.4. The number of rotatable bonds is 5. The Bertz CT molecular complexity index is 156. The fraction of sp³-hybridized carbons (Fsp3) is 0.875. The van der Waals surface area contributed by atoms with Gasteiger partial charge < -0.3 is 16.8 Å². The third-order valence-electron chi connectivity index (χ3n) is 1.91. The molecule has 0 fully saturated rings. The molecule has 1 unspecified atom stereocenters. The van der Waals surface area contributed by atoms with Crippen LogP contribution >= 0.6 is 0 Å². The number of hydrogen-bond donors (Lipinski definition) is 3. The van der Waals surface area contributed by atoms with Crippen LogP contribution in [0.4, 0.5) is 0 Å². The predicted molar refractivity (Wildman–Crippen MR) is 49.5 cm³/mol. The number of carbonyl (C=O) groups excluding carboxylic acids is 1. The van der Waals surface area contributed by atoms with E-state index < -0.39 is 5.41 Å². The van der Waals surface area contributed by atoms with Crippen molar-refractivity contribution in [3.8, 4) is 0 Å². The average Bonchev–Trinajstić information content (AvgIpc) is 2.00. The van der Waals surface area contributed by atoms with Crippen LogP contribution in [0.1, 0.15) is 20.8 Å². The van der Waals surface area contributed by atoms with Gasteiger partial charge in [-0.3, -0.25) is 4.79 Å². The van der Waals surface area contributed by atoms with E-state index in [0.29, 0.717) is 13.1 Å². The van der Waals surface area contributed by atoms with E-state index in [9.17, 15) is 4.79 Å². The molecule has 0 saturated carbocycles. The summed E-state index contributed by atoms with van der Waals surface area (Å²) >= 11 is 0. The summed E-state index contributed by atoms with van der Waals surface area (Å²) in [5.41, 5.74) is 10.1. The van der Waals surface area contributed by atoms with Gasteiger partial charge in [0, 0.05) is 19.1 Å². The van der Waals surface area contributed by atoms with Gasteiger partial charge in [-0.25, -0.2) is 0 Å². The first-order valence-electron chi connectivity index (χ1n) is 4.13. The number of primary amides is 1. The maximum atomic E-state index is 10.9. The van der Waals surface area contributed by atoms with Crippen LogP contribution in [0.2, 0.25) is 0 Å². The van der Waals surface area contributed by atoms with Gasteiger partial charge in [-0.1, -0.05) is 0 Å². The molecule has 4 heteroatoms. The summed E-state index contributed by atoms with van der Waals surface area (Å²) in [7, 11) is 0. The molecule has 0 aliphatic heterocycles. The quantitative estimate of drug-likeness (QED) is 0.521. The van der Waals surface area contributed by atoms with Crippen molar-refractivity contribution < 1.29 is 4.79 Å². The fourth-order valence-electron chi connectivity index (χ4n) is 0.600. The van der Waals surface area contributed by atoms with E-state index in [1.165, 1.54) is 0 Å². The molecule has 0 bridgehead atoms. The normalized spacial score (nSPS) is 14.3. The highest BCUT2D eigenvalue weighted by molar-refractivity contribution is 5.80. The van der Waals surface area contributed by atoms with E-state index in [1.807, 2.05) is 20.8 Å². The molecule has 0 aromatic carbocycles. The smallest absolute Gasteiger partial charge is 0.224 e. The molecule has 0 aliphatic carbocycles. The minimum absolute atomic E-state index is 0.226. The highest BCUT2D eigenvalue weighted by atomic mass is 16.1. The average molecular weight is 173 g/mol. The Morgan fingerprint density at radius 2 is 2.08 bits per heavy atom. The lowest BCUT2D eigenvalue weighted by molar-refractivity contribution is -0.125. The lowest BCUT2D eigenvalue weighted by atomic mass is 9.92. The van der Waals surface area contributed by atoms with Gasteiger partial charge >= 0.3 is 0 Å². The van der Waals surface area contributed by atoms with Crippen molar-refractivity contribution in [2.24, 2.45) is 16.9 Å². The van der Waals surface area contributed by atoms with Crippen molar-refractivity contribution in [2.45, 2.75) is 26.8 Å². The monoisotopic (exact) mass is 173 g/mol. The van der Waals surface area contributed by atoms with Crippen LogP contribution in [-0.4, -0.2) is 25.0 Å². The zero-order chi connectivity index (χ0) is 9.78. The Balaban J connectivity index is 3.83. The zero-order valence-corrected chi connectivity index (χ0v) is 8.05. The van der Waals surface area contributed by atoms with Crippen molar-refractivity contribution in [1.82, 2.24) is 5.32 Å². The second kappa shape index (κ2) is 4.42. The van der Waals surface area contributed by atoms with Gasteiger partial charge in [-0.2, -0.15) is 0 Å². The van der Waals surface area contributed by atoms with Crippen LogP contribution in [0.25, 0.3) is 0 Å².